The summed E-state index contributed by atoms with van der Waals surface area (Å²) in [5, 5.41) is 5.90. The number of hydrogen-bond donors (Lipinski definition) is 2. The van der Waals surface area contributed by atoms with Gasteiger partial charge in [0.15, 0.2) is 0 Å². The monoisotopic (exact) mass is 214 g/mol. The molecule has 88 valence electrons. The van der Waals surface area contributed by atoms with Gasteiger partial charge in [-0.1, -0.05) is 13.3 Å². The van der Waals surface area contributed by atoms with Crippen LogP contribution >= 0.6 is 0 Å². The first-order valence-corrected chi connectivity index (χ1v) is 5.82. The summed E-state index contributed by atoms with van der Waals surface area (Å²) in [5.41, 5.74) is 0. The van der Waals surface area contributed by atoms with Gasteiger partial charge >= 0.3 is 6.03 Å². The standard InChI is InChI=1S/C11H22N2O2/c1-3-5-10(8-15-2)13-11(14)12-9-6-4-7-9/h9-10H,3-8H2,1-2H3,(H2,12,13,14). The third-order valence-corrected chi connectivity index (χ3v) is 2.78. The summed E-state index contributed by atoms with van der Waals surface area (Å²) in [6, 6.07) is 0.491. The van der Waals surface area contributed by atoms with Crippen molar-refractivity contribution in [2.24, 2.45) is 0 Å². The average Bonchev–Trinajstić information content (AvgIpc) is 2.12. The zero-order valence-corrected chi connectivity index (χ0v) is 9.71. The summed E-state index contributed by atoms with van der Waals surface area (Å²) in [5.74, 6) is 0. The Morgan fingerprint density at radius 1 is 1.53 bits per heavy atom. The number of amides is 2. The van der Waals surface area contributed by atoms with E-state index in [1.807, 2.05) is 0 Å². The number of ether oxygens (including phenoxy) is 1. The Morgan fingerprint density at radius 2 is 2.27 bits per heavy atom. The molecule has 1 saturated carbocycles. The number of methoxy groups -OCH3 is 1. The molecule has 2 N–H and O–H groups in total. The van der Waals surface area contributed by atoms with Crippen molar-refractivity contribution >= 4 is 6.03 Å². The predicted molar refractivity (Wildman–Crippen MR) is 59.9 cm³/mol. The summed E-state index contributed by atoms with van der Waals surface area (Å²) < 4.78 is 5.06. The van der Waals surface area contributed by atoms with Crippen LogP contribution in [0.4, 0.5) is 4.79 Å². The average molecular weight is 214 g/mol. The van der Waals surface area contributed by atoms with E-state index in [1.54, 1.807) is 7.11 Å². The Balaban J connectivity index is 2.19. The second-order valence-corrected chi connectivity index (χ2v) is 4.19. The second kappa shape index (κ2) is 6.67. The number of carbonyl (C=O) groups is 1. The van der Waals surface area contributed by atoms with Crippen molar-refractivity contribution in [1.82, 2.24) is 10.6 Å². The maximum atomic E-state index is 11.5. The molecule has 15 heavy (non-hydrogen) atoms. The van der Waals surface area contributed by atoms with Gasteiger partial charge in [-0.25, -0.2) is 4.79 Å². The van der Waals surface area contributed by atoms with Crippen LogP contribution in [0, 0.1) is 0 Å². The molecule has 2 amide bonds. The van der Waals surface area contributed by atoms with Crippen LogP contribution in [-0.2, 0) is 4.74 Å². The lowest BCUT2D eigenvalue weighted by molar-refractivity contribution is 0.160. The minimum atomic E-state index is -0.0461. The van der Waals surface area contributed by atoms with Crippen LogP contribution in [0.15, 0.2) is 0 Å². The highest BCUT2D eigenvalue weighted by Gasteiger charge is 2.20. The molecule has 0 saturated heterocycles. The van der Waals surface area contributed by atoms with Gasteiger partial charge in [-0.15, -0.1) is 0 Å². The normalized spacial score (nSPS) is 18.0. The number of urea groups is 1. The zero-order chi connectivity index (χ0) is 11.1. The quantitative estimate of drug-likeness (QED) is 0.706. The lowest BCUT2D eigenvalue weighted by Crippen LogP contribution is -2.49. The fraction of sp³-hybridized carbons (Fsp3) is 0.909. The van der Waals surface area contributed by atoms with Crippen molar-refractivity contribution in [3.05, 3.63) is 0 Å². The van der Waals surface area contributed by atoms with Crippen LogP contribution in [-0.4, -0.2) is 31.8 Å². The first-order chi connectivity index (χ1) is 7.26. The fourth-order valence-corrected chi connectivity index (χ4v) is 1.71. The molecule has 0 bridgehead atoms. The number of rotatable bonds is 6. The molecule has 0 heterocycles. The van der Waals surface area contributed by atoms with Gasteiger partial charge in [-0.3, -0.25) is 0 Å². The smallest absolute Gasteiger partial charge is 0.315 e. The number of carbonyl (C=O) groups excluding carboxylic acids is 1. The molecular weight excluding hydrogens is 192 g/mol. The molecule has 0 aromatic carbocycles. The van der Waals surface area contributed by atoms with E-state index in [-0.39, 0.29) is 12.1 Å². The van der Waals surface area contributed by atoms with Crippen molar-refractivity contribution in [2.75, 3.05) is 13.7 Å². The Hall–Kier alpha value is -0.770. The van der Waals surface area contributed by atoms with E-state index in [1.165, 1.54) is 6.42 Å². The number of nitrogens with one attached hydrogen (secondary N) is 2. The van der Waals surface area contributed by atoms with Crippen LogP contribution in [0.1, 0.15) is 39.0 Å². The molecule has 1 aliphatic carbocycles. The number of hydrogen-bond acceptors (Lipinski definition) is 2. The largest absolute Gasteiger partial charge is 0.383 e. The summed E-state index contributed by atoms with van der Waals surface area (Å²) in [7, 11) is 1.66. The minimum absolute atomic E-state index is 0.0461. The summed E-state index contributed by atoms with van der Waals surface area (Å²) >= 11 is 0. The van der Waals surface area contributed by atoms with Crippen molar-refractivity contribution in [1.29, 1.82) is 0 Å². The highest BCUT2D eigenvalue weighted by atomic mass is 16.5. The van der Waals surface area contributed by atoms with Gasteiger partial charge in [0.1, 0.15) is 0 Å². The molecule has 4 heteroatoms. The Labute approximate surface area is 91.8 Å². The minimum Gasteiger partial charge on any atom is -0.383 e. The van der Waals surface area contributed by atoms with Crippen molar-refractivity contribution in [2.45, 2.75) is 51.1 Å². The maximum absolute atomic E-state index is 11.5. The van der Waals surface area contributed by atoms with Crippen LogP contribution in [0.5, 0.6) is 0 Å². The Kier molecular flexibility index (Phi) is 5.47. The molecule has 1 fully saturated rings. The van der Waals surface area contributed by atoms with E-state index in [0.717, 1.165) is 25.7 Å². The van der Waals surface area contributed by atoms with E-state index >= 15 is 0 Å². The first kappa shape index (κ1) is 12.3. The second-order valence-electron chi connectivity index (χ2n) is 4.19. The molecule has 1 aliphatic rings. The molecule has 0 spiro atoms. The molecular formula is C11H22N2O2. The highest BCUT2D eigenvalue weighted by Crippen LogP contribution is 2.17. The van der Waals surface area contributed by atoms with Crippen LogP contribution in [0.25, 0.3) is 0 Å². The summed E-state index contributed by atoms with van der Waals surface area (Å²) in [6.45, 7) is 2.69. The Bertz CT molecular complexity index is 187. The van der Waals surface area contributed by atoms with Gasteiger partial charge in [-0.05, 0) is 25.7 Å². The molecule has 0 aliphatic heterocycles. The highest BCUT2D eigenvalue weighted by molar-refractivity contribution is 5.74. The first-order valence-electron chi connectivity index (χ1n) is 5.82. The van der Waals surface area contributed by atoms with Crippen molar-refractivity contribution in [3.63, 3.8) is 0 Å². The summed E-state index contributed by atoms with van der Waals surface area (Å²) in [4.78, 5) is 11.5. The maximum Gasteiger partial charge on any atom is 0.315 e. The Morgan fingerprint density at radius 3 is 2.73 bits per heavy atom. The molecule has 1 unspecified atom stereocenters. The van der Waals surface area contributed by atoms with Gasteiger partial charge < -0.3 is 15.4 Å². The van der Waals surface area contributed by atoms with Crippen molar-refractivity contribution < 1.29 is 9.53 Å². The van der Waals surface area contributed by atoms with E-state index in [2.05, 4.69) is 17.6 Å². The van der Waals surface area contributed by atoms with Crippen LogP contribution in [0.3, 0.4) is 0 Å². The third kappa shape index (κ3) is 4.51. The third-order valence-electron chi connectivity index (χ3n) is 2.78. The molecule has 0 radical (unpaired) electrons. The van der Waals surface area contributed by atoms with Crippen LogP contribution in [0.2, 0.25) is 0 Å². The molecule has 0 aromatic rings. The molecule has 0 aromatic heterocycles. The summed E-state index contributed by atoms with van der Waals surface area (Å²) in [6.07, 6.45) is 5.50. The van der Waals surface area contributed by atoms with Crippen LogP contribution < -0.4 is 10.6 Å². The zero-order valence-electron chi connectivity index (χ0n) is 9.71. The lowest BCUT2D eigenvalue weighted by Gasteiger charge is -2.27. The van der Waals surface area contributed by atoms with E-state index in [0.29, 0.717) is 12.6 Å². The van der Waals surface area contributed by atoms with Gasteiger partial charge in [0.2, 0.25) is 0 Å². The van der Waals surface area contributed by atoms with Gasteiger partial charge in [0.05, 0.1) is 12.6 Å². The topological polar surface area (TPSA) is 50.4 Å². The van der Waals surface area contributed by atoms with Gasteiger partial charge in [0, 0.05) is 13.2 Å². The molecule has 4 nitrogen and oxygen atoms in total. The van der Waals surface area contributed by atoms with Gasteiger partial charge in [-0.2, -0.15) is 0 Å². The van der Waals surface area contributed by atoms with E-state index < -0.39 is 0 Å². The molecule has 1 atom stereocenters. The van der Waals surface area contributed by atoms with E-state index in [9.17, 15) is 4.79 Å². The fourth-order valence-electron chi connectivity index (χ4n) is 1.71. The van der Waals surface area contributed by atoms with Gasteiger partial charge in [0.25, 0.3) is 0 Å². The van der Waals surface area contributed by atoms with Crippen molar-refractivity contribution in [3.8, 4) is 0 Å². The SMILES string of the molecule is CCCC(COC)NC(=O)NC1CCC1. The van der Waals surface area contributed by atoms with E-state index in [4.69, 9.17) is 4.74 Å². The molecule has 1 rings (SSSR count). The lowest BCUT2D eigenvalue weighted by atomic mass is 9.93. The predicted octanol–water partition coefficient (Wildman–Crippen LogP) is 1.65.